The molecule has 0 aliphatic rings. The third-order valence-corrected chi connectivity index (χ3v) is 4.55. The average molecular weight is 447 g/mol. The molecule has 150 valence electrons. The van der Waals surface area contributed by atoms with E-state index in [9.17, 15) is 9.59 Å². The molecule has 0 fully saturated rings. The molecule has 2 aromatic carbocycles. The molecule has 0 unspecified atom stereocenters. The van der Waals surface area contributed by atoms with Crippen molar-refractivity contribution in [3.05, 3.63) is 58.1 Å². The second-order valence-electron chi connectivity index (χ2n) is 6.96. The van der Waals surface area contributed by atoms with Crippen LogP contribution in [0.4, 0.5) is 5.69 Å². The van der Waals surface area contributed by atoms with Crippen LogP contribution in [0, 0.1) is 5.92 Å². The summed E-state index contributed by atoms with van der Waals surface area (Å²) >= 11 is 3.41. The van der Waals surface area contributed by atoms with Gasteiger partial charge in [-0.05, 0) is 55.2 Å². The van der Waals surface area contributed by atoms with Crippen LogP contribution in [0.3, 0.4) is 0 Å². The lowest BCUT2D eigenvalue weighted by molar-refractivity contribution is 0.0952. The molecule has 0 bridgehead atoms. The second kappa shape index (κ2) is 10.9. The Balaban J connectivity index is 2.14. The molecule has 28 heavy (non-hydrogen) atoms. The molecule has 0 saturated carbocycles. The van der Waals surface area contributed by atoms with Crippen LogP contribution in [0.2, 0.25) is 0 Å². The Morgan fingerprint density at radius 1 is 1.11 bits per heavy atom. The van der Waals surface area contributed by atoms with Crippen molar-refractivity contribution in [1.82, 2.24) is 5.32 Å². The summed E-state index contributed by atoms with van der Waals surface area (Å²) in [7, 11) is 0. The van der Waals surface area contributed by atoms with Crippen LogP contribution in [0.1, 0.15) is 54.3 Å². The van der Waals surface area contributed by atoms with Crippen LogP contribution >= 0.6 is 15.9 Å². The largest absolute Gasteiger partial charge is 0.493 e. The van der Waals surface area contributed by atoms with Crippen molar-refractivity contribution < 1.29 is 14.3 Å². The topological polar surface area (TPSA) is 67.4 Å². The first kappa shape index (κ1) is 22.0. The van der Waals surface area contributed by atoms with Crippen LogP contribution in [0.5, 0.6) is 5.75 Å². The number of amides is 2. The Bertz CT molecular complexity index is 821. The number of rotatable bonds is 9. The number of anilines is 1. The van der Waals surface area contributed by atoms with E-state index in [1.165, 1.54) is 0 Å². The lowest BCUT2D eigenvalue weighted by atomic mass is 10.1. The number of nitrogens with one attached hydrogen (secondary N) is 2. The fourth-order valence-electron chi connectivity index (χ4n) is 2.49. The van der Waals surface area contributed by atoms with Crippen LogP contribution in [-0.4, -0.2) is 25.0 Å². The maximum Gasteiger partial charge on any atom is 0.259 e. The SMILES string of the molecule is CCCNC(=O)c1cccc(NC(=O)c2cc(Br)ccc2OCCC(C)C)c1. The van der Waals surface area contributed by atoms with E-state index < -0.39 is 0 Å². The summed E-state index contributed by atoms with van der Waals surface area (Å²) in [5, 5.41) is 5.69. The van der Waals surface area contributed by atoms with E-state index in [0.29, 0.717) is 41.6 Å². The molecule has 5 nitrogen and oxygen atoms in total. The number of halogens is 1. The second-order valence-corrected chi connectivity index (χ2v) is 7.88. The monoisotopic (exact) mass is 446 g/mol. The number of carbonyl (C=O) groups excluding carboxylic acids is 2. The van der Waals surface area contributed by atoms with Gasteiger partial charge >= 0.3 is 0 Å². The van der Waals surface area contributed by atoms with Gasteiger partial charge in [0.1, 0.15) is 5.75 Å². The van der Waals surface area contributed by atoms with E-state index in [4.69, 9.17) is 4.74 Å². The highest BCUT2D eigenvalue weighted by atomic mass is 79.9. The molecule has 2 rings (SSSR count). The van der Waals surface area contributed by atoms with Crippen LogP contribution < -0.4 is 15.4 Å². The zero-order valence-corrected chi connectivity index (χ0v) is 18.1. The van der Waals surface area contributed by atoms with E-state index >= 15 is 0 Å². The van der Waals surface area contributed by atoms with Gasteiger partial charge in [-0.1, -0.05) is 42.8 Å². The van der Waals surface area contributed by atoms with Gasteiger partial charge in [-0.3, -0.25) is 9.59 Å². The van der Waals surface area contributed by atoms with E-state index in [0.717, 1.165) is 17.3 Å². The van der Waals surface area contributed by atoms with E-state index in [1.807, 2.05) is 13.0 Å². The third-order valence-electron chi connectivity index (χ3n) is 4.06. The molecule has 0 aliphatic carbocycles. The average Bonchev–Trinajstić information content (AvgIpc) is 2.67. The highest BCUT2D eigenvalue weighted by molar-refractivity contribution is 9.10. The molecular weight excluding hydrogens is 420 g/mol. The summed E-state index contributed by atoms with van der Waals surface area (Å²) in [6, 6.07) is 12.3. The molecule has 0 aromatic heterocycles. The van der Waals surface area contributed by atoms with Crippen LogP contribution in [0.15, 0.2) is 46.9 Å². The predicted octanol–water partition coefficient (Wildman–Crippen LogP) is 5.27. The molecule has 2 aromatic rings. The van der Waals surface area contributed by atoms with Gasteiger partial charge in [0.15, 0.2) is 0 Å². The first-order valence-electron chi connectivity index (χ1n) is 9.52. The summed E-state index contributed by atoms with van der Waals surface area (Å²) in [4.78, 5) is 25.0. The number of hydrogen-bond donors (Lipinski definition) is 2. The third kappa shape index (κ3) is 6.68. The van der Waals surface area contributed by atoms with Crippen molar-refractivity contribution in [1.29, 1.82) is 0 Å². The first-order valence-corrected chi connectivity index (χ1v) is 10.3. The Labute approximate surface area is 175 Å². The Kier molecular flexibility index (Phi) is 8.51. The molecule has 0 heterocycles. The number of carbonyl (C=O) groups is 2. The van der Waals surface area contributed by atoms with Crippen LogP contribution in [-0.2, 0) is 0 Å². The summed E-state index contributed by atoms with van der Waals surface area (Å²) < 4.78 is 6.62. The molecular formula is C22H27BrN2O3. The summed E-state index contributed by atoms with van der Waals surface area (Å²) in [5.74, 6) is 0.623. The number of ether oxygens (including phenoxy) is 1. The molecule has 0 aliphatic heterocycles. The fraction of sp³-hybridized carbons (Fsp3) is 0.364. The Morgan fingerprint density at radius 2 is 1.89 bits per heavy atom. The molecule has 0 radical (unpaired) electrons. The minimum absolute atomic E-state index is 0.155. The molecule has 6 heteroatoms. The minimum Gasteiger partial charge on any atom is -0.493 e. The standard InChI is InChI=1S/C22H27BrN2O3/c1-4-11-24-21(26)16-6-5-7-18(13-16)25-22(27)19-14-17(23)8-9-20(19)28-12-10-15(2)3/h5-9,13-15H,4,10-12H2,1-3H3,(H,24,26)(H,25,27). The molecule has 0 spiro atoms. The van der Waals surface area contributed by atoms with Crippen molar-refractivity contribution in [2.45, 2.75) is 33.6 Å². The van der Waals surface area contributed by atoms with Crippen molar-refractivity contribution in [3.8, 4) is 5.75 Å². The maximum atomic E-state index is 12.8. The maximum absolute atomic E-state index is 12.8. The zero-order valence-electron chi connectivity index (χ0n) is 16.5. The van der Waals surface area contributed by atoms with E-state index in [2.05, 4.69) is 40.4 Å². The number of benzene rings is 2. The van der Waals surface area contributed by atoms with E-state index in [1.54, 1.807) is 36.4 Å². The fourth-order valence-corrected chi connectivity index (χ4v) is 2.85. The predicted molar refractivity (Wildman–Crippen MR) is 116 cm³/mol. The number of hydrogen-bond acceptors (Lipinski definition) is 3. The molecule has 2 amide bonds. The molecule has 0 saturated heterocycles. The lowest BCUT2D eigenvalue weighted by Crippen LogP contribution is -2.24. The van der Waals surface area contributed by atoms with Gasteiger partial charge in [-0.2, -0.15) is 0 Å². The quantitative estimate of drug-likeness (QED) is 0.551. The van der Waals surface area contributed by atoms with Gasteiger partial charge in [-0.25, -0.2) is 0 Å². The lowest BCUT2D eigenvalue weighted by Gasteiger charge is -2.13. The molecule has 2 N–H and O–H groups in total. The van der Waals surface area contributed by atoms with Gasteiger partial charge in [0.05, 0.1) is 12.2 Å². The summed E-state index contributed by atoms with van der Waals surface area (Å²) in [6.45, 7) is 7.41. The Morgan fingerprint density at radius 3 is 2.61 bits per heavy atom. The van der Waals surface area contributed by atoms with Gasteiger partial charge in [0.25, 0.3) is 11.8 Å². The van der Waals surface area contributed by atoms with Gasteiger partial charge in [-0.15, -0.1) is 0 Å². The van der Waals surface area contributed by atoms with Crippen molar-refractivity contribution >= 4 is 33.4 Å². The normalized spacial score (nSPS) is 10.6. The summed E-state index contributed by atoms with van der Waals surface area (Å²) in [6.07, 6.45) is 1.77. The van der Waals surface area contributed by atoms with Gasteiger partial charge < -0.3 is 15.4 Å². The minimum atomic E-state index is -0.285. The van der Waals surface area contributed by atoms with Crippen molar-refractivity contribution in [2.75, 3.05) is 18.5 Å². The Hall–Kier alpha value is -2.34. The smallest absolute Gasteiger partial charge is 0.259 e. The first-order chi connectivity index (χ1) is 13.4. The highest BCUT2D eigenvalue weighted by Crippen LogP contribution is 2.25. The van der Waals surface area contributed by atoms with Gasteiger partial charge in [0, 0.05) is 22.3 Å². The summed E-state index contributed by atoms with van der Waals surface area (Å²) in [5.41, 5.74) is 1.51. The van der Waals surface area contributed by atoms with Crippen LogP contribution in [0.25, 0.3) is 0 Å². The van der Waals surface area contributed by atoms with Gasteiger partial charge in [0.2, 0.25) is 0 Å². The van der Waals surface area contributed by atoms with Crippen molar-refractivity contribution in [3.63, 3.8) is 0 Å². The zero-order chi connectivity index (χ0) is 20.5. The van der Waals surface area contributed by atoms with E-state index in [-0.39, 0.29) is 11.8 Å². The van der Waals surface area contributed by atoms with Crippen molar-refractivity contribution in [2.24, 2.45) is 5.92 Å². The highest BCUT2D eigenvalue weighted by Gasteiger charge is 2.15. The molecule has 0 atom stereocenters.